The van der Waals surface area contributed by atoms with Crippen LogP contribution < -0.4 is 11.3 Å². The summed E-state index contributed by atoms with van der Waals surface area (Å²) in [6, 6.07) is 4.61. The first-order valence-corrected chi connectivity index (χ1v) is 7.76. The highest BCUT2D eigenvalue weighted by molar-refractivity contribution is 7.10. The largest absolute Gasteiger partial charge is 0.271 e. The van der Waals surface area contributed by atoms with E-state index in [0.29, 0.717) is 6.04 Å². The molecule has 17 heavy (non-hydrogen) atoms. The summed E-state index contributed by atoms with van der Waals surface area (Å²) in [4.78, 5) is 1.36. The minimum atomic E-state index is 0.352. The van der Waals surface area contributed by atoms with Crippen molar-refractivity contribution in [1.82, 2.24) is 5.43 Å². The number of hydrazine groups is 1. The summed E-state index contributed by atoms with van der Waals surface area (Å²) >= 11 is 1.79. The third-order valence-electron chi connectivity index (χ3n) is 3.18. The predicted octanol–water partition coefficient (Wildman–Crippen LogP) is 4.39. The summed E-state index contributed by atoms with van der Waals surface area (Å²) in [5.74, 6) is 5.60. The molecule has 98 valence electrons. The molecular weight excluding hydrogens is 228 g/mol. The lowest BCUT2D eigenvalue weighted by atomic mass is 10.0. The van der Waals surface area contributed by atoms with Crippen LogP contribution in [0, 0.1) is 0 Å². The Hall–Kier alpha value is -0.380. The average Bonchev–Trinajstić information content (AvgIpc) is 2.86. The summed E-state index contributed by atoms with van der Waals surface area (Å²) in [6.45, 7) is 2.26. The van der Waals surface area contributed by atoms with Gasteiger partial charge in [0, 0.05) is 4.88 Å². The molecule has 0 radical (unpaired) electrons. The first kappa shape index (κ1) is 14.7. The molecule has 0 spiro atoms. The maximum atomic E-state index is 5.60. The zero-order valence-corrected chi connectivity index (χ0v) is 11.8. The van der Waals surface area contributed by atoms with Gasteiger partial charge in [0.25, 0.3) is 0 Å². The third kappa shape index (κ3) is 6.20. The van der Waals surface area contributed by atoms with E-state index in [1.807, 2.05) is 0 Å². The van der Waals surface area contributed by atoms with Crippen LogP contribution >= 0.6 is 11.3 Å². The van der Waals surface area contributed by atoms with E-state index in [9.17, 15) is 0 Å². The topological polar surface area (TPSA) is 38.0 Å². The van der Waals surface area contributed by atoms with Gasteiger partial charge in [-0.05, 0) is 17.9 Å². The number of nitrogens with one attached hydrogen (secondary N) is 1. The summed E-state index contributed by atoms with van der Waals surface area (Å²) in [7, 11) is 0. The van der Waals surface area contributed by atoms with Crippen LogP contribution in [0.1, 0.15) is 69.2 Å². The standard InChI is InChI=1S/C14H26N2S/c1-2-3-4-5-6-7-8-10-13(16-15)14-11-9-12-17-14/h9,11-13,16H,2-8,10,15H2,1H3. The molecule has 0 aliphatic carbocycles. The maximum absolute atomic E-state index is 5.60. The van der Waals surface area contributed by atoms with Crippen molar-refractivity contribution in [3.8, 4) is 0 Å². The van der Waals surface area contributed by atoms with E-state index in [2.05, 4.69) is 29.9 Å². The molecule has 0 amide bonds. The van der Waals surface area contributed by atoms with E-state index in [0.717, 1.165) is 6.42 Å². The van der Waals surface area contributed by atoms with E-state index < -0.39 is 0 Å². The molecule has 1 unspecified atom stereocenters. The first-order valence-electron chi connectivity index (χ1n) is 6.88. The third-order valence-corrected chi connectivity index (χ3v) is 4.17. The zero-order valence-electron chi connectivity index (χ0n) is 11.0. The Morgan fingerprint density at radius 2 is 1.88 bits per heavy atom. The van der Waals surface area contributed by atoms with Crippen LogP contribution in [0.2, 0.25) is 0 Å². The number of hydrogen-bond acceptors (Lipinski definition) is 3. The average molecular weight is 254 g/mol. The second-order valence-electron chi connectivity index (χ2n) is 4.64. The molecule has 0 bridgehead atoms. The molecule has 0 fully saturated rings. The fraction of sp³-hybridized carbons (Fsp3) is 0.714. The highest BCUT2D eigenvalue weighted by atomic mass is 32.1. The molecule has 1 rings (SSSR count). The van der Waals surface area contributed by atoms with Gasteiger partial charge in [0.1, 0.15) is 0 Å². The van der Waals surface area contributed by atoms with Gasteiger partial charge < -0.3 is 0 Å². The number of rotatable bonds is 10. The van der Waals surface area contributed by atoms with Crippen molar-refractivity contribution in [2.75, 3.05) is 0 Å². The number of unbranched alkanes of at least 4 members (excludes halogenated alkanes) is 6. The molecule has 0 aliphatic heterocycles. The van der Waals surface area contributed by atoms with E-state index in [1.54, 1.807) is 11.3 Å². The van der Waals surface area contributed by atoms with Gasteiger partial charge in [-0.2, -0.15) is 0 Å². The second kappa shape index (κ2) is 9.63. The number of hydrogen-bond donors (Lipinski definition) is 2. The highest BCUT2D eigenvalue weighted by Crippen LogP contribution is 2.23. The molecule has 0 aromatic carbocycles. The Morgan fingerprint density at radius 3 is 2.47 bits per heavy atom. The molecule has 1 aromatic rings. The van der Waals surface area contributed by atoms with Crippen molar-refractivity contribution in [1.29, 1.82) is 0 Å². The van der Waals surface area contributed by atoms with Crippen molar-refractivity contribution < 1.29 is 0 Å². The van der Waals surface area contributed by atoms with E-state index in [4.69, 9.17) is 5.84 Å². The lowest BCUT2D eigenvalue weighted by Gasteiger charge is -2.13. The van der Waals surface area contributed by atoms with Crippen LogP contribution in [-0.4, -0.2) is 0 Å². The van der Waals surface area contributed by atoms with Gasteiger partial charge in [-0.3, -0.25) is 11.3 Å². The van der Waals surface area contributed by atoms with Crippen LogP contribution in [-0.2, 0) is 0 Å². The Bertz CT molecular complexity index is 259. The second-order valence-corrected chi connectivity index (χ2v) is 5.62. The Labute approximate surface area is 110 Å². The van der Waals surface area contributed by atoms with Gasteiger partial charge in [0.2, 0.25) is 0 Å². The fourth-order valence-electron chi connectivity index (χ4n) is 2.10. The molecule has 0 saturated carbocycles. The summed E-state index contributed by atoms with van der Waals surface area (Å²) in [5.41, 5.74) is 2.93. The molecule has 1 aromatic heterocycles. The molecule has 0 saturated heterocycles. The zero-order chi connectivity index (χ0) is 12.3. The molecule has 2 nitrogen and oxygen atoms in total. The minimum Gasteiger partial charge on any atom is -0.271 e. The summed E-state index contributed by atoms with van der Waals surface area (Å²) in [6.07, 6.45) is 10.7. The van der Waals surface area contributed by atoms with Gasteiger partial charge >= 0.3 is 0 Å². The molecule has 3 heteroatoms. The van der Waals surface area contributed by atoms with Crippen molar-refractivity contribution in [3.05, 3.63) is 22.4 Å². The molecular formula is C14H26N2S. The van der Waals surface area contributed by atoms with Gasteiger partial charge in [0.15, 0.2) is 0 Å². The molecule has 0 aliphatic rings. The van der Waals surface area contributed by atoms with E-state index in [1.165, 1.54) is 49.8 Å². The van der Waals surface area contributed by atoms with E-state index in [-0.39, 0.29) is 0 Å². The van der Waals surface area contributed by atoms with Crippen molar-refractivity contribution in [2.24, 2.45) is 5.84 Å². The van der Waals surface area contributed by atoms with E-state index >= 15 is 0 Å². The molecule has 1 atom stereocenters. The number of nitrogens with two attached hydrogens (primary N) is 1. The lowest BCUT2D eigenvalue weighted by Crippen LogP contribution is -2.27. The fourth-order valence-corrected chi connectivity index (χ4v) is 2.92. The van der Waals surface area contributed by atoms with Crippen LogP contribution in [0.4, 0.5) is 0 Å². The van der Waals surface area contributed by atoms with Crippen molar-refractivity contribution in [3.63, 3.8) is 0 Å². The highest BCUT2D eigenvalue weighted by Gasteiger charge is 2.09. The van der Waals surface area contributed by atoms with Crippen LogP contribution in [0.15, 0.2) is 17.5 Å². The van der Waals surface area contributed by atoms with Gasteiger partial charge in [-0.25, -0.2) is 0 Å². The molecule has 3 N–H and O–H groups in total. The monoisotopic (exact) mass is 254 g/mol. The van der Waals surface area contributed by atoms with Gasteiger partial charge in [-0.15, -0.1) is 11.3 Å². The summed E-state index contributed by atoms with van der Waals surface area (Å²) < 4.78 is 0. The van der Waals surface area contributed by atoms with Crippen molar-refractivity contribution >= 4 is 11.3 Å². The Balaban J connectivity index is 2.04. The smallest absolute Gasteiger partial charge is 0.0553 e. The maximum Gasteiger partial charge on any atom is 0.0553 e. The van der Waals surface area contributed by atoms with Crippen LogP contribution in [0.25, 0.3) is 0 Å². The first-order chi connectivity index (χ1) is 8.38. The quantitative estimate of drug-likeness (QED) is 0.369. The van der Waals surface area contributed by atoms with Gasteiger partial charge in [0.05, 0.1) is 6.04 Å². The normalized spacial score (nSPS) is 12.8. The van der Waals surface area contributed by atoms with Crippen LogP contribution in [0.3, 0.4) is 0 Å². The lowest BCUT2D eigenvalue weighted by molar-refractivity contribution is 0.481. The Morgan fingerprint density at radius 1 is 1.18 bits per heavy atom. The molecule has 1 heterocycles. The van der Waals surface area contributed by atoms with Gasteiger partial charge in [-0.1, -0.05) is 57.9 Å². The van der Waals surface area contributed by atoms with Crippen LogP contribution in [0.5, 0.6) is 0 Å². The SMILES string of the molecule is CCCCCCCCCC(NN)c1cccs1. The minimum absolute atomic E-state index is 0.352. The summed E-state index contributed by atoms with van der Waals surface area (Å²) in [5, 5.41) is 2.12. The Kier molecular flexibility index (Phi) is 8.32. The predicted molar refractivity (Wildman–Crippen MR) is 77.0 cm³/mol. The number of thiophene rings is 1. The van der Waals surface area contributed by atoms with Crippen molar-refractivity contribution in [2.45, 2.75) is 64.3 Å².